The van der Waals surface area contributed by atoms with Crippen LogP contribution in [0.1, 0.15) is 16.7 Å². The van der Waals surface area contributed by atoms with Gasteiger partial charge in [0.1, 0.15) is 5.82 Å². The van der Waals surface area contributed by atoms with Crippen LogP contribution in [0, 0.1) is 0 Å². The molecule has 4 nitrogen and oxygen atoms in total. The number of anilines is 2. The number of halogens is 2. The van der Waals surface area contributed by atoms with Crippen LogP contribution in [0.2, 0.25) is 10.0 Å². The molecule has 1 aliphatic rings. The third-order valence-electron chi connectivity index (χ3n) is 4.79. The summed E-state index contributed by atoms with van der Waals surface area (Å²) in [5, 5.41) is 4.63. The summed E-state index contributed by atoms with van der Waals surface area (Å²) in [5.74, 6) is 1.59. The van der Waals surface area contributed by atoms with Crippen molar-refractivity contribution in [2.45, 2.75) is 19.4 Å². The molecule has 0 spiro atoms. The molecule has 1 aliphatic heterocycles. The summed E-state index contributed by atoms with van der Waals surface area (Å²) in [6.07, 6.45) is 3.62. The quantitative estimate of drug-likeness (QED) is 0.656. The number of nitrogens with zero attached hydrogens (tertiary/aromatic N) is 3. The molecule has 138 valence electrons. The first-order valence-electron chi connectivity index (χ1n) is 9.01. The van der Waals surface area contributed by atoms with Crippen molar-refractivity contribution in [3.05, 3.63) is 81.5 Å². The van der Waals surface area contributed by atoms with Gasteiger partial charge in [-0.05, 0) is 47.7 Å². The molecule has 0 amide bonds. The molecule has 0 aliphatic carbocycles. The smallest absolute Gasteiger partial charge is 0.224 e. The number of nitrogens with one attached hydrogen (secondary N) is 1. The van der Waals surface area contributed by atoms with Crippen LogP contribution in [0.5, 0.6) is 0 Å². The van der Waals surface area contributed by atoms with Crippen LogP contribution >= 0.6 is 23.2 Å². The maximum atomic E-state index is 6.23. The van der Waals surface area contributed by atoms with E-state index in [0.29, 0.717) is 22.5 Å². The van der Waals surface area contributed by atoms with Gasteiger partial charge in [-0.1, -0.05) is 53.5 Å². The van der Waals surface area contributed by atoms with Gasteiger partial charge in [0, 0.05) is 35.9 Å². The molecule has 27 heavy (non-hydrogen) atoms. The minimum absolute atomic E-state index is 0.636. The normalized spacial score (nSPS) is 13.3. The van der Waals surface area contributed by atoms with Crippen LogP contribution < -0.4 is 10.2 Å². The van der Waals surface area contributed by atoms with Crippen LogP contribution in [0.3, 0.4) is 0 Å². The van der Waals surface area contributed by atoms with Gasteiger partial charge >= 0.3 is 0 Å². The summed E-state index contributed by atoms with van der Waals surface area (Å²) in [6, 6.07) is 16.1. The number of hydrogen-bond acceptors (Lipinski definition) is 4. The van der Waals surface area contributed by atoms with Gasteiger partial charge in [-0.15, -0.1) is 0 Å². The third kappa shape index (κ3) is 4.34. The molecule has 3 aromatic rings. The van der Waals surface area contributed by atoms with Gasteiger partial charge in [-0.3, -0.25) is 0 Å². The molecule has 4 rings (SSSR count). The van der Waals surface area contributed by atoms with Crippen molar-refractivity contribution in [1.82, 2.24) is 9.97 Å². The number of hydrogen-bond donors (Lipinski definition) is 1. The highest BCUT2D eigenvalue weighted by Crippen LogP contribution is 2.24. The summed E-state index contributed by atoms with van der Waals surface area (Å²) < 4.78 is 0. The molecule has 0 saturated carbocycles. The first kappa shape index (κ1) is 18.1. The summed E-state index contributed by atoms with van der Waals surface area (Å²) in [6.45, 7) is 2.55. The Kier molecular flexibility index (Phi) is 5.46. The Morgan fingerprint density at radius 1 is 1.04 bits per heavy atom. The molecule has 0 unspecified atom stereocenters. The van der Waals surface area contributed by atoms with E-state index in [1.807, 2.05) is 18.2 Å². The monoisotopic (exact) mass is 398 g/mol. The van der Waals surface area contributed by atoms with Gasteiger partial charge in [-0.2, -0.15) is 4.98 Å². The molecular formula is C21H20Cl2N4. The molecule has 1 N–H and O–H groups in total. The highest BCUT2D eigenvalue weighted by atomic mass is 35.5. The average Bonchev–Trinajstić information content (AvgIpc) is 2.69. The number of aromatic nitrogens is 2. The maximum Gasteiger partial charge on any atom is 0.224 e. The van der Waals surface area contributed by atoms with Gasteiger partial charge in [0.05, 0.1) is 0 Å². The van der Waals surface area contributed by atoms with Crippen LogP contribution in [0.15, 0.2) is 54.7 Å². The minimum atomic E-state index is 0.636. The van der Waals surface area contributed by atoms with E-state index in [-0.39, 0.29) is 0 Å². The van der Waals surface area contributed by atoms with Gasteiger partial charge in [0.15, 0.2) is 0 Å². The molecule has 0 fully saturated rings. The first-order chi connectivity index (χ1) is 13.2. The van der Waals surface area contributed by atoms with Gasteiger partial charge < -0.3 is 10.2 Å². The van der Waals surface area contributed by atoms with Crippen molar-refractivity contribution in [1.29, 1.82) is 0 Å². The van der Waals surface area contributed by atoms with Crippen LogP contribution in [-0.2, 0) is 19.4 Å². The van der Waals surface area contributed by atoms with E-state index in [9.17, 15) is 0 Å². The zero-order valence-electron chi connectivity index (χ0n) is 14.8. The topological polar surface area (TPSA) is 41.1 Å². The SMILES string of the molecule is Clc1ccc(CCNc2nccc(N3CCc4ccccc4C3)n2)c(Cl)c1. The number of benzene rings is 2. The fraction of sp³-hybridized carbons (Fsp3) is 0.238. The van der Waals surface area contributed by atoms with E-state index in [0.717, 1.165) is 37.3 Å². The van der Waals surface area contributed by atoms with Gasteiger partial charge in [0.25, 0.3) is 0 Å². The molecule has 0 atom stereocenters. The van der Waals surface area contributed by atoms with Crippen LogP contribution in [0.4, 0.5) is 11.8 Å². The Bertz CT molecular complexity index is 945. The van der Waals surface area contributed by atoms with Crippen molar-refractivity contribution >= 4 is 35.0 Å². The lowest BCUT2D eigenvalue weighted by Crippen LogP contribution is -2.31. The van der Waals surface area contributed by atoms with Crippen LogP contribution in [0.25, 0.3) is 0 Å². The van der Waals surface area contributed by atoms with Crippen molar-refractivity contribution in [2.24, 2.45) is 0 Å². The zero-order valence-corrected chi connectivity index (χ0v) is 16.3. The minimum Gasteiger partial charge on any atom is -0.354 e. The third-order valence-corrected chi connectivity index (χ3v) is 5.38. The van der Waals surface area contributed by atoms with E-state index in [1.165, 1.54) is 11.1 Å². The molecule has 0 bridgehead atoms. The number of fused-ring (bicyclic) bond motifs is 1. The van der Waals surface area contributed by atoms with E-state index in [2.05, 4.69) is 44.5 Å². The highest BCUT2D eigenvalue weighted by Gasteiger charge is 2.17. The maximum absolute atomic E-state index is 6.23. The fourth-order valence-corrected chi connectivity index (χ4v) is 3.84. The van der Waals surface area contributed by atoms with Crippen molar-refractivity contribution in [3.8, 4) is 0 Å². The molecule has 6 heteroatoms. The van der Waals surface area contributed by atoms with Gasteiger partial charge in [-0.25, -0.2) is 4.98 Å². The predicted molar refractivity (Wildman–Crippen MR) is 112 cm³/mol. The second-order valence-corrected chi connectivity index (χ2v) is 7.43. The second-order valence-electron chi connectivity index (χ2n) is 6.59. The van der Waals surface area contributed by atoms with E-state index >= 15 is 0 Å². The lowest BCUT2D eigenvalue weighted by Gasteiger charge is -2.29. The first-order valence-corrected chi connectivity index (χ1v) is 9.77. The zero-order chi connectivity index (χ0) is 18.6. The Balaban J connectivity index is 1.39. The number of rotatable bonds is 5. The summed E-state index contributed by atoms with van der Waals surface area (Å²) >= 11 is 12.2. The lowest BCUT2D eigenvalue weighted by atomic mass is 10.00. The summed E-state index contributed by atoms with van der Waals surface area (Å²) in [7, 11) is 0. The summed E-state index contributed by atoms with van der Waals surface area (Å²) in [5.41, 5.74) is 3.85. The average molecular weight is 399 g/mol. The van der Waals surface area contributed by atoms with Crippen molar-refractivity contribution in [3.63, 3.8) is 0 Å². The molecular weight excluding hydrogens is 379 g/mol. The Morgan fingerprint density at radius 2 is 1.89 bits per heavy atom. The molecule has 2 aromatic carbocycles. The lowest BCUT2D eigenvalue weighted by molar-refractivity contribution is 0.719. The van der Waals surface area contributed by atoms with Crippen molar-refractivity contribution < 1.29 is 0 Å². The summed E-state index contributed by atoms with van der Waals surface area (Å²) in [4.78, 5) is 11.3. The Hall–Kier alpha value is -2.30. The van der Waals surface area contributed by atoms with E-state index in [1.54, 1.807) is 12.3 Å². The van der Waals surface area contributed by atoms with Crippen molar-refractivity contribution in [2.75, 3.05) is 23.3 Å². The van der Waals surface area contributed by atoms with Gasteiger partial charge in [0.2, 0.25) is 5.95 Å². The Labute approximate surface area is 169 Å². The molecule has 0 saturated heterocycles. The van der Waals surface area contributed by atoms with E-state index < -0.39 is 0 Å². The highest BCUT2D eigenvalue weighted by molar-refractivity contribution is 6.35. The van der Waals surface area contributed by atoms with Crippen LogP contribution in [-0.4, -0.2) is 23.1 Å². The molecule has 0 radical (unpaired) electrons. The van der Waals surface area contributed by atoms with E-state index in [4.69, 9.17) is 23.2 Å². The molecule has 2 heterocycles. The standard InChI is InChI=1S/C21H20Cl2N4/c22-18-6-5-16(19(23)13-18)7-10-24-21-25-11-8-20(26-21)27-12-9-15-3-1-2-4-17(15)14-27/h1-6,8,11,13H,7,9-10,12,14H2,(H,24,25,26). The fourth-order valence-electron chi connectivity index (χ4n) is 3.34. The Morgan fingerprint density at radius 3 is 2.74 bits per heavy atom. The molecule has 1 aromatic heterocycles. The predicted octanol–water partition coefficient (Wildman–Crippen LogP) is 5.00. The largest absolute Gasteiger partial charge is 0.354 e. The second kappa shape index (κ2) is 8.15.